The van der Waals surface area contributed by atoms with E-state index in [9.17, 15) is 4.79 Å². The zero-order valence-corrected chi connectivity index (χ0v) is 15.8. The Kier molecular flexibility index (Phi) is 3.98. The third-order valence-electron chi connectivity index (χ3n) is 4.77. The average molecular weight is 340 g/mol. The number of amides is 1. The molecular weight excluding hydrogens is 316 g/mol. The highest BCUT2D eigenvalue weighted by Gasteiger charge is 2.32. The van der Waals surface area contributed by atoms with Crippen LogP contribution in [0.4, 0.5) is 0 Å². The molecule has 0 aliphatic carbocycles. The number of carbonyl (C=O) groups is 1. The summed E-state index contributed by atoms with van der Waals surface area (Å²) < 4.78 is 11.2. The van der Waals surface area contributed by atoms with Crippen LogP contribution in [0.25, 0.3) is 11.0 Å². The first-order chi connectivity index (χ1) is 11.6. The molecule has 2 aromatic heterocycles. The third-order valence-corrected chi connectivity index (χ3v) is 4.77. The number of fused-ring (bicyclic) bond motifs is 1. The van der Waals surface area contributed by atoms with Gasteiger partial charge < -0.3 is 14.3 Å². The van der Waals surface area contributed by atoms with E-state index >= 15 is 0 Å². The highest BCUT2D eigenvalue weighted by Crippen LogP contribution is 2.32. The predicted octanol–water partition coefficient (Wildman–Crippen LogP) is 4.63. The van der Waals surface area contributed by atoms with Crippen molar-refractivity contribution in [2.24, 2.45) is 0 Å². The van der Waals surface area contributed by atoms with E-state index in [0.29, 0.717) is 11.5 Å². The Morgan fingerprint density at radius 2 is 1.72 bits per heavy atom. The zero-order valence-electron chi connectivity index (χ0n) is 15.8. The van der Waals surface area contributed by atoms with E-state index in [1.165, 1.54) is 0 Å². The van der Waals surface area contributed by atoms with Gasteiger partial charge in [-0.25, -0.2) is 0 Å². The van der Waals surface area contributed by atoms with Gasteiger partial charge in [0.1, 0.15) is 11.3 Å². The smallest absolute Gasteiger partial charge is 0.287 e. The summed E-state index contributed by atoms with van der Waals surface area (Å²) in [5, 5.41) is 8.07. The van der Waals surface area contributed by atoms with Gasteiger partial charge in [0.15, 0.2) is 5.76 Å². The molecule has 0 fully saturated rings. The van der Waals surface area contributed by atoms with Crippen LogP contribution in [0.5, 0.6) is 0 Å². The number of nitrogens with zero attached hydrogens (tertiary/aromatic N) is 1. The molecule has 1 N–H and O–H groups in total. The quantitative estimate of drug-likeness (QED) is 0.755. The van der Waals surface area contributed by atoms with Crippen LogP contribution in [0, 0.1) is 34.6 Å². The van der Waals surface area contributed by atoms with Crippen molar-refractivity contribution < 1.29 is 13.7 Å². The lowest BCUT2D eigenvalue weighted by Crippen LogP contribution is -2.41. The molecule has 2 heterocycles. The van der Waals surface area contributed by atoms with Gasteiger partial charge in [0.05, 0.1) is 11.2 Å². The first kappa shape index (κ1) is 17.3. The summed E-state index contributed by atoms with van der Waals surface area (Å²) in [6.07, 6.45) is 0. The van der Waals surface area contributed by atoms with Crippen LogP contribution in [-0.4, -0.2) is 11.1 Å². The van der Waals surface area contributed by atoms with Gasteiger partial charge in [0.25, 0.3) is 5.91 Å². The molecule has 3 aromatic rings. The summed E-state index contributed by atoms with van der Waals surface area (Å²) in [4.78, 5) is 12.9. The number of furan rings is 1. The predicted molar refractivity (Wildman–Crippen MR) is 96.9 cm³/mol. The first-order valence-corrected chi connectivity index (χ1v) is 8.38. The Labute approximate surface area is 147 Å². The molecule has 0 bridgehead atoms. The molecule has 132 valence electrons. The van der Waals surface area contributed by atoms with Crippen LogP contribution in [0.1, 0.15) is 58.1 Å². The van der Waals surface area contributed by atoms with Crippen molar-refractivity contribution in [3.05, 3.63) is 51.6 Å². The number of hydrogen-bond donors (Lipinski definition) is 1. The highest BCUT2D eigenvalue weighted by atomic mass is 16.5. The van der Waals surface area contributed by atoms with Gasteiger partial charge >= 0.3 is 0 Å². The molecule has 1 amide bonds. The Morgan fingerprint density at radius 3 is 2.28 bits per heavy atom. The van der Waals surface area contributed by atoms with Crippen molar-refractivity contribution in [1.82, 2.24) is 10.5 Å². The average Bonchev–Trinajstić information content (AvgIpc) is 3.04. The number of aromatic nitrogens is 1. The van der Waals surface area contributed by atoms with E-state index in [1.807, 2.05) is 54.5 Å². The van der Waals surface area contributed by atoms with Gasteiger partial charge in [0, 0.05) is 16.5 Å². The molecule has 0 radical (unpaired) electrons. The summed E-state index contributed by atoms with van der Waals surface area (Å²) in [5.74, 6) is 0.820. The van der Waals surface area contributed by atoms with Crippen molar-refractivity contribution in [3.63, 3.8) is 0 Å². The van der Waals surface area contributed by atoms with E-state index < -0.39 is 5.54 Å². The zero-order chi connectivity index (χ0) is 18.5. The number of benzene rings is 1. The largest absolute Gasteiger partial charge is 0.450 e. The maximum Gasteiger partial charge on any atom is 0.287 e. The van der Waals surface area contributed by atoms with E-state index in [4.69, 9.17) is 8.94 Å². The molecule has 3 rings (SSSR count). The van der Waals surface area contributed by atoms with Crippen molar-refractivity contribution in [2.75, 3.05) is 0 Å². The topological polar surface area (TPSA) is 68.3 Å². The minimum absolute atomic E-state index is 0.238. The van der Waals surface area contributed by atoms with Crippen molar-refractivity contribution in [2.45, 2.75) is 54.0 Å². The number of aryl methyl sites for hydroxylation is 5. The molecule has 0 aliphatic heterocycles. The lowest BCUT2D eigenvalue weighted by molar-refractivity contribution is 0.0884. The first-order valence-electron chi connectivity index (χ1n) is 8.38. The lowest BCUT2D eigenvalue weighted by atomic mass is 9.92. The number of nitrogens with one attached hydrogen (secondary N) is 1. The third kappa shape index (κ3) is 2.73. The van der Waals surface area contributed by atoms with Crippen LogP contribution in [0.15, 0.2) is 21.1 Å². The van der Waals surface area contributed by atoms with Crippen LogP contribution in [0.2, 0.25) is 0 Å². The molecule has 25 heavy (non-hydrogen) atoms. The second kappa shape index (κ2) is 5.76. The molecule has 0 spiro atoms. The van der Waals surface area contributed by atoms with Crippen LogP contribution < -0.4 is 5.32 Å². The Morgan fingerprint density at radius 1 is 1.08 bits per heavy atom. The second-order valence-electron chi connectivity index (χ2n) is 7.24. The van der Waals surface area contributed by atoms with Crippen molar-refractivity contribution >= 4 is 16.9 Å². The SMILES string of the molecule is Cc1noc(C)c1C(C)(C)NC(=O)c1oc2c(C)ccc(C)c2c1C. The Bertz CT molecular complexity index is 957. The fourth-order valence-corrected chi connectivity index (χ4v) is 3.67. The molecule has 0 unspecified atom stereocenters. The summed E-state index contributed by atoms with van der Waals surface area (Å²) in [6.45, 7) is 13.5. The van der Waals surface area contributed by atoms with E-state index in [0.717, 1.165) is 38.9 Å². The summed E-state index contributed by atoms with van der Waals surface area (Å²) in [7, 11) is 0. The van der Waals surface area contributed by atoms with Gasteiger partial charge in [-0.15, -0.1) is 0 Å². The molecule has 0 saturated heterocycles. The van der Waals surface area contributed by atoms with Gasteiger partial charge in [-0.05, 0) is 59.6 Å². The van der Waals surface area contributed by atoms with E-state index in [-0.39, 0.29) is 5.91 Å². The fourth-order valence-electron chi connectivity index (χ4n) is 3.67. The fraction of sp³-hybridized carbons (Fsp3) is 0.400. The van der Waals surface area contributed by atoms with Crippen molar-refractivity contribution in [3.8, 4) is 0 Å². The van der Waals surface area contributed by atoms with E-state index in [1.54, 1.807) is 0 Å². The second-order valence-corrected chi connectivity index (χ2v) is 7.24. The molecule has 1 aromatic carbocycles. The molecular formula is C20H24N2O3. The van der Waals surface area contributed by atoms with Gasteiger partial charge in [-0.3, -0.25) is 4.79 Å². The maximum atomic E-state index is 12.9. The monoisotopic (exact) mass is 340 g/mol. The Hall–Kier alpha value is -2.56. The molecule has 5 nitrogen and oxygen atoms in total. The van der Waals surface area contributed by atoms with E-state index in [2.05, 4.69) is 16.5 Å². The number of rotatable bonds is 3. The Balaban J connectivity index is 2.02. The van der Waals surface area contributed by atoms with Crippen LogP contribution in [-0.2, 0) is 5.54 Å². The molecule has 0 saturated carbocycles. The van der Waals surface area contributed by atoms with Crippen LogP contribution in [0.3, 0.4) is 0 Å². The lowest BCUT2D eigenvalue weighted by Gasteiger charge is -2.26. The number of hydrogen-bond acceptors (Lipinski definition) is 4. The maximum absolute atomic E-state index is 12.9. The minimum atomic E-state index is -0.624. The molecule has 5 heteroatoms. The summed E-state index contributed by atoms with van der Waals surface area (Å²) in [6, 6.07) is 4.06. The van der Waals surface area contributed by atoms with Gasteiger partial charge in [-0.1, -0.05) is 17.3 Å². The number of carbonyl (C=O) groups excluding carboxylic acids is 1. The molecule has 0 aliphatic rings. The normalized spacial score (nSPS) is 12.0. The van der Waals surface area contributed by atoms with Crippen LogP contribution >= 0.6 is 0 Å². The van der Waals surface area contributed by atoms with Crippen molar-refractivity contribution in [1.29, 1.82) is 0 Å². The summed E-state index contributed by atoms with van der Waals surface area (Å²) in [5.41, 5.74) is 4.80. The molecule has 0 atom stereocenters. The highest BCUT2D eigenvalue weighted by molar-refractivity contribution is 6.00. The van der Waals surface area contributed by atoms with Gasteiger partial charge in [-0.2, -0.15) is 0 Å². The van der Waals surface area contributed by atoms with Gasteiger partial charge in [0.2, 0.25) is 0 Å². The standard InChI is InChI=1S/C20H24N2O3/c1-10-8-9-11(2)17-15(10)12(3)18(24-17)19(23)21-20(6,7)16-13(4)22-25-14(16)5/h8-9H,1-7H3,(H,21,23). The minimum Gasteiger partial charge on any atom is -0.450 e. The summed E-state index contributed by atoms with van der Waals surface area (Å²) >= 11 is 0.